The minimum atomic E-state index is -3.50. The van der Waals surface area contributed by atoms with Crippen LogP contribution in [-0.4, -0.2) is 42.4 Å². The lowest BCUT2D eigenvalue weighted by atomic mass is 9.95. The van der Waals surface area contributed by atoms with Gasteiger partial charge in [0.25, 0.3) is 0 Å². The molecule has 1 aliphatic heterocycles. The zero-order valence-corrected chi connectivity index (χ0v) is 17.0. The van der Waals surface area contributed by atoms with Crippen LogP contribution < -0.4 is 0 Å². The summed E-state index contributed by atoms with van der Waals surface area (Å²) in [5.74, 6) is -0.226. The van der Waals surface area contributed by atoms with Crippen molar-refractivity contribution in [2.24, 2.45) is 0 Å². The van der Waals surface area contributed by atoms with Gasteiger partial charge in [0.2, 0.25) is 15.9 Å². The Morgan fingerprint density at radius 3 is 2.41 bits per heavy atom. The first-order valence-electron chi connectivity index (χ1n) is 8.87. The van der Waals surface area contributed by atoms with Crippen LogP contribution in [0.5, 0.6) is 0 Å². The summed E-state index contributed by atoms with van der Waals surface area (Å²) < 4.78 is 26.6. The highest BCUT2D eigenvalue weighted by Crippen LogP contribution is 2.27. The number of fused-ring (bicyclic) bond motifs is 1. The van der Waals surface area contributed by atoms with Crippen molar-refractivity contribution in [1.82, 2.24) is 9.21 Å². The van der Waals surface area contributed by atoms with Gasteiger partial charge in [-0.1, -0.05) is 48.0 Å². The SMILES string of the molecule is CCS(=O)(=O)N1Cc2ccccc2C[C@@H]1C(=O)N(C)Cc1ccc(Cl)cc1. The predicted octanol–water partition coefficient (Wildman–Crippen LogP) is 3.08. The standard InChI is InChI=1S/C20H23ClN2O3S/c1-3-27(25,26)23-14-17-7-5-4-6-16(17)12-19(23)20(24)22(2)13-15-8-10-18(21)11-9-15/h4-11,19H,3,12-14H2,1-2H3/t19-/m1/s1. The summed E-state index contributed by atoms with van der Waals surface area (Å²) in [5, 5.41) is 0.636. The molecule has 2 aromatic carbocycles. The molecular weight excluding hydrogens is 384 g/mol. The van der Waals surface area contributed by atoms with Gasteiger partial charge in [-0.05, 0) is 42.2 Å². The second kappa shape index (κ2) is 8.00. The van der Waals surface area contributed by atoms with Gasteiger partial charge in [0.1, 0.15) is 6.04 Å². The lowest BCUT2D eigenvalue weighted by molar-refractivity contribution is -0.135. The Morgan fingerprint density at radius 1 is 1.15 bits per heavy atom. The highest BCUT2D eigenvalue weighted by molar-refractivity contribution is 7.89. The van der Waals surface area contributed by atoms with E-state index in [4.69, 9.17) is 11.6 Å². The van der Waals surface area contributed by atoms with E-state index in [2.05, 4.69) is 0 Å². The maximum atomic E-state index is 13.1. The maximum absolute atomic E-state index is 13.1. The molecule has 0 saturated heterocycles. The molecule has 7 heteroatoms. The number of amides is 1. The summed E-state index contributed by atoms with van der Waals surface area (Å²) in [6.07, 6.45) is 0.388. The molecule has 3 rings (SSSR count). The van der Waals surface area contributed by atoms with Crippen molar-refractivity contribution in [3.8, 4) is 0 Å². The van der Waals surface area contributed by atoms with Gasteiger partial charge < -0.3 is 4.90 Å². The second-order valence-corrected chi connectivity index (χ2v) is 9.40. The molecule has 0 N–H and O–H groups in total. The Hall–Kier alpha value is -1.89. The molecule has 0 aromatic heterocycles. The van der Waals surface area contributed by atoms with Crippen LogP contribution in [0.3, 0.4) is 0 Å². The minimum Gasteiger partial charge on any atom is -0.340 e. The number of hydrogen-bond donors (Lipinski definition) is 0. The van der Waals surface area contributed by atoms with Crippen molar-refractivity contribution in [3.63, 3.8) is 0 Å². The van der Waals surface area contributed by atoms with E-state index in [0.717, 1.165) is 16.7 Å². The first kappa shape index (κ1) is 19.9. The van der Waals surface area contributed by atoms with Gasteiger partial charge in [-0.15, -0.1) is 0 Å². The molecule has 0 spiro atoms. The molecule has 1 amide bonds. The van der Waals surface area contributed by atoms with E-state index in [1.165, 1.54) is 4.31 Å². The fourth-order valence-corrected chi connectivity index (χ4v) is 4.71. The Balaban J connectivity index is 1.86. The van der Waals surface area contributed by atoms with Crippen LogP contribution in [0.25, 0.3) is 0 Å². The molecule has 1 atom stereocenters. The largest absolute Gasteiger partial charge is 0.340 e. The van der Waals surface area contributed by atoms with Gasteiger partial charge in [-0.2, -0.15) is 4.31 Å². The number of carbonyl (C=O) groups is 1. The van der Waals surface area contributed by atoms with Gasteiger partial charge >= 0.3 is 0 Å². The van der Waals surface area contributed by atoms with Gasteiger partial charge in [-0.3, -0.25) is 4.79 Å². The number of benzene rings is 2. The molecule has 0 aliphatic carbocycles. The molecule has 0 saturated carbocycles. The highest BCUT2D eigenvalue weighted by Gasteiger charge is 2.39. The number of rotatable bonds is 5. The van der Waals surface area contributed by atoms with E-state index >= 15 is 0 Å². The zero-order chi connectivity index (χ0) is 19.6. The molecule has 1 heterocycles. The first-order chi connectivity index (χ1) is 12.8. The Kier molecular flexibility index (Phi) is 5.89. The van der Waals surface area contributed by atoms with Gasteiger partial charge in [-0.25, -0.2) is 8.42 Å². The van der Waals surface area contributed by atoms with Crippen molar-refractivity contribution in [2.75, 3.05) is 12.8 Å². The zero-order valence-electron chi connectivity index (χ0n) is 15.4. The van der Waals surface area contributed by atoms with Crippen LogP contribution in [0.15, 0.2) is 48.5 Å². The van der Waals surface area contributed by atoms with Crippen LogP contribution in [-0.2, 0) is 34.3 Å². The lowest BCUT2D eigenvalue weighted by Gasteiger charge is -2.36. The Labute approximate surface area is 165 Å². The van der Waals surface area contributed by atoms with Crippen molar-refractivity contribution in [3.05, 3.63) is 70.2 Å². The second-order valence-electron chi connectivity index (χ2n) is 6.76. The van der Waals surface area contributed by atoms with Crippen LogP contribution in [0.2, 0.25) is 5.02 Å². The van der Waals surface area contributed by atoms with Gasteiger partial charge in [0.15, 0.2) is 0 Å². The maximum Gasteiger partial charge on any atom is 0.241 e. The minimum absolute atomic E-state index is 0.0279. The third kappa shape index (κ3) is 4.34. The predicted molar refractivity (Wildman–Crippen MR) is 107 cm³/mol. The van der Waals surface area contributed by atoms with E-state index < -0.39 is 16.1 Å². The van der Waals surface area contributed by atoms with Crippen LogP contribution in [0.4, 0.5) is 0 Å². The lowest BCUT2D eigenvalue weighted by Crippen LogP contribution is -2.53. The van der Waals surface area contributed by atoms with E-state index in [-0.39, 0.29) is 18.2 Å². The number of nitrogens with zero attached hydrogens (tertiary/aromatic N) is 2. The Bertz CT molecular complexity index is 928. The fraction of sp³-hybridized carbons (Fsp3) is 0.350. The normalized spacial score (nSPS) is 17.4. The van der Waals surface area contributed by atoms with Crippen LogP contribution in [0, 0.1) is 0 Å². The first-order valence-corrected chi connectivity index (χ1v) is 10.9. The number of halogens is 1. The number of sulfonamides is 1. The van der Waals surface area contributed by atoms with E-state index in [0.29, 0.717) is 18.0 Å². The number of carbonyl (C=O) groups excluding carboxylic acids is 1. The molecule has 0 radical (unpaired) electrons. The summed E-state index contributed by atoms with van der Waals surface area (Å²) in [6, 6.07) is 14.3. The molecular formula is C20H23ClN2O3S. The molecule has 0 bridgehead atoms. The van der Waals surface area contributed by atoms with Crippen LogP contribution >= 0.6 is 11.6 Å². The average molecular weight is 407 g/mol. The molecule has 0 fully saturated rings. The van der Waals surface area contributed by atoms with Crippen molar-refractivity contribution in [1.29, 1.82) is 0 Å². The van der Waals surface area contributed by atoms with Gasteiger partial charge in [0, 0.05) is 25.2 Å². The summed E-state index contributed by atoms with van der Waals surface area (Å²) in [4.78, 5) is 14.7. The van der Waals surface area contributed by atoms with E-state index in [9.17, 15) is 13.2 Å². The highest BCUT2D eigenvalue weighted by atomic mass is 35.5. The molecule has 5 nitrogen and oxygen atoms in total. The third-order valence-electron chi connectivity index (χ3n) is 4.92. The molecule has 27 heavy (non-hydrogen) atoms. The summed E-state index contributed by atoms with van der Waals surface area (Å²) in [7, 11) is -1.80. The summed E-state index contributed by atoms with van der Waals surface area (Å²) >= 11 is 5.91. The molecule has 0 unspecified atom stereocenters. The van der Waals surface area contributed by atoms with E-state index in [1.807, 2.05) is 36.4 Å². The third-order valence-corrected chi connectivity index (χ3v) is 7.00. The van der Waals surface area contributed by atoms with Crippen molar-refractivity contribution in [2.45, 2.75) is 32.5 Å². The quantitative estimate of drug-likeness (QED) is 0.766. The number of hydrogen-bond acceptors (Lipinski definition) is 3. The van der Waals surface area contributed by atoms with Crippen LogP contribution in [0.1, 0.15) is 23.6 Å². The molecule has 1 aliphatic rings. The van der Waals surface area contributed by atoms with Gasteiger partial charge in [0.05, 0.1) is 5.75 Å². The van der Waals surface area contributed by atoms with E-state index in [1.54, 1.807) is 31.0 Å². The molecule has 144 valence electrons. The average Bonchev–Trinajstić information content (AvgIpc) is 2.68. The Morgan fingerprint density at radius 2 is 1.78 bits per heavy atom. The summed E-state index contributed by atoms with van der Waals surface area (Å²) in [6.45, 7) is 2.24. The summed E-state index contributed by atoms with van der Waals surface area (Å²) in [5.41, 5.74) is 2.92. The topological polar surface area (TPSA) is 57.7 Å². The fourth-order valence-electron chi connectivity index (χ4n) is 3.36. The number of likely N-dealkylation sites (N-methyl/N-ethyl adjacent to an activating group) is 1. The monoisotopic (exact) mass is 406 g/mol. The van der Waals surface area contributed by atoms with Crippen molar-refractivity contribution < 1.29 is 13.2 Å². The smallest absolute Gasteiger partial charge is 0.241 e. The van der Waals surface area contributed by atoms with Crippen molar-refractivity contribution >= 4 is 27.5 Å². The molecule has 2 aromatic rings.